The number of sulfonamides is 1. The third-order valence-electron chi connectivity index (χ3n) is 4.37. The van der Waals surface area contributed by atoms with Crippen molar-refractivity contribution in [2.45, 2.75) is 45.1 Å². The van der Waals surface area contributed by atoms with E-state index in [0.29, 0.717) is 19.0 Å². The number of amides is 1. The Bertz CT molecular complexity index is 442. The van der Waals surface area contributed by atoms with Crippen LogP contribution in [0, 0.1) is 5.92 Å². The van der Waals surface area contributed by atoms with E-state index in [9.17, 15) is 13.2 Å². The lowest BCUT2D eigenvalue weighted by atomic mass is 9.88. The number of carbonyl (C=O) groups excluding carboxylic acids is 1. The van der Waals surface area contributed by atoms with Crippen LogP contribution < -0.4 is 10.0 Å². The Kier molecular flexibility index (Phi) is 8.10. The second-order valence-corrected chi connectivity index (χ2v) is 8.07. The van der Waals surface area contributed by atoms with Crippen molar-refractivity contribution in [2.75, 3.05) is 31.9 Å². The number of hydrogen-bond acceptors (Lipinski definition) is 4. The minimum Gasteiger partial charge on any atom is -0.340 e. The van der Waals surface area contributed by atoms with Crippen molar-refractivity contribution in [3.63, 3.8) is 0 Å². The summed E-state index contributed by atoms with van der Waals surface area (Å²) in [6.07, 6.45) is 4.74. The molecule has 2 N–H and O–H groups in total. The molecule has 1 saturated heterocycles. The summed E-state index contributed by atoms with van der Waals surface area (Å²) >= 11 is 0. The van der Waals surface area contributed by atoms with Gasteiger partial charge in [0.2, 0.25) is 15.9 Å². The van der Waals surface area contributed by atoms with Gasteiger partial charge < -0.3 is 10.2 Å². The maximum atomic E-state index is 12.1. The van der Waals surface area contributed by atoms with Crippen molar-refractivity contribution in [1.29, 1.82) is 0 Å². The highest BCUT2D eigenvalue weighted by molar-refractivity contribution is 7.90. The molecule has 0 unspecified atom stereocenters. The van der Waals surface area contributed by atoms with E-state index in [0.717, 1.165) is 45.2 Å². The van der Waals surface area contributed by atoms with Crippen molar-refractivity contribution in [3.8, 4) is 0 Å². The molecule has 0 aromatic carbocycles. The molecule has 0 bridgehead atoms. The van der Waals surface area contributed by atoms with Gasteiger partial charge in [-0.3, -0.25) is 4.79 Å². The lowest BCUT2D eigenvalue weighted by Gasteiger charge is -2.27. The van der Waals surface area contributed by atoms with Gasteiger partial charge in [-0.05, 0) is 44.6 Å². The summed E-state index contributed by atoms with van der Waals surface area (Å²) in [5.41, 5.74) is 0. The molecule has 0 aromatic rings. The van der Waals surface area contributed by atoms with Crippen LogP contribution in [0.2, 0.25) is 0 Å². The summed E-state index contributed by atoms with van der Waals surface area (Å²) in [6, 6.07) is 0.00444. The molecule has 1 heterocycles. The van der Waals surface area contributed by atoms with Gasteiger partial charge in [-0.1, -0.05) is 6.92 Å². The van der Waals surface area contributed by atoms with Crippen LogP contribution >= 0.6 is 12.4 Å². The fourth-order valence-corrected chi connectivity index (χ4v) is 4.36. The van der Waals surface area contributed by atoms with E-state index in [4.69, 9.17) is 0 Å². The number of nitrogens with zero attached hydrogens (tertiary/aromatic N) is 1. The van der Waals surface area contributed by atoms with Crippen LogP contribution in [0.25, 0.3) is 0 Å². The molecule has 0 radical (unpaired) electrons. The minimum atomic E-state index is -3.52. The van der Waals surface area contributed by atoms with Crippen LogP contribution in [-0.4, -0.2) is 57.2 Å². The van der Waals surface area contributed by atoms with Crippen LogP contribution in [0.4, 0.5) is 0 Å². The van der Waals surface area contributed by atoms with E-state index in [1.165, 1.54) is 0 Å². The van der Waals surface area contributed by atoms with Gasteiger partial charge >= 0.3 is 0 Å². The normalized spacial score (nSPS) is 26.9. The average molecular weight is 354 g/mol. The average Bonchev–Trinajstić information content (AvgIpc) is 2.69. The fourth-order valence-electron chi connectivity index (χ4n) is 3.02. The number of halogens is 1. The Morgan fingerprint density at radius 2 is 1.86 bits per heavy atom. The Labute approximate surface area is 139 Å². The minimum absolute atomic E-state index is 0. The molecule has 2 fully saturated rings. The first-order valence-corrected chi connectivity index (χ1v) is 9.60. The van der Waals surface area contributed by atoms with Gasteiger partial charge in [-0.2, -0.15) is 0 Å². The zero-order valence-electron chi connectivity index (χ0n) is 13.2. The highest BCUT2D eigenvalue weighted by Gasteiger charge is 2.26. The second kappa shape index (κ2) is 9.05. The first-order chi connectivity index (χ1) is 9.96. The molecule has 1 aliphatic heterocycles. The first-order valence-electron chi connectivity index (χ1n) is 7.95. The third kappa shape index (κ3) is 6.40. The number of carbonyl (C=O) groups is 1. The van der Waals surface area contributed by atoms with Crippen molar-refractivity contribution in [2.24, 2.45) is 5.92 Å². The lowest BCUT2D eigenvalue weighted by Crippen LogP contribution is -2.44. The van der Waals surface area contributed by atoms with E-state index in [1.54, 1.807) is 4.90 Å². The van der Waals surface area contributed by atoms with Crippen molar-refractivity contribution >= 4 is 28.3 Å². The van der Waals surface area contributed by atoms with Crippen LogP contribution in [0.5, 0.6) is 0 Å². The van der Waals surface area contributed by atoms with E-state index in [1.807, 2.05) is 0 Å². The zero-order valence-corrected chi connectivity index (χ0v) is 14.8. The SMILES string of the molecule is CC1CCC(NS(=O)(=O)CC(=O)N2CCCNCC2)CC1.Cl. The van der Waals surface area contributed by atoms with Gasteiger partial charge in [0, 0.05) is 25.7 Å². The standard InChI is InChI=1S/C14H27N3O3S.ClH/c1-12-3-5-13(6-4-12)16-21(19,20)11-14(18)17-9-2-7-15-8-10-17;/h12-13,15-16H,2-11H2,1H3;1H. The van der Waals surface area contributed by atoms with Crippen molar-refractivity contribution in [3.05, 3.63) is 0 Å². The molecular weight excluding hydrogens is 326 g/mol. The Balaban J connectivity index is 0.00000242. The molecule has 2 rings (SSSR count). The van der Waals surface area contributed by atoms with Crippen molar-refractivity contribution < 1.29 is 13.2 Å². The molecule has 6 nitrogen and oxygen atoms in total. The monoisotopic (exact) mass is 353 g/mol. The summed E-state index contributed by atoms with van der Waals surface area (Å²) in [7, 11) is -3.52. The van der Waals surface area contributed by atoms with Gasteiger partial charge in [-0.15, -0.1) is 12.4 Å². The van der Waals surface area contributed by atoms with Crippen LogP contribution in [-0.2, 0) is 14.8 Å². The molecule has 0 aromatic heterocycles. The maximum absolute atomic E-state index is 12.1. The summed E-state index contributed by atoms with van der Waals surface area (Å²) in [5, 5.41) is 3.21. The van der Waals surface area contributed by atoms with Gasteiger partial charge in [0.05, 0.1) is 0 Å². The third-order valence-corrected chi connectivity index (χ3v) is 5.69. The van der Waals surface area contributed by atoms with Crippen LogP contribution in [0.15, 0.2) is 0 Å². The summed E-state index contributed by atoms with van der Waals surface area (Å²) < 4.78 is 27.0. The first kappa shape index (κ1) is 19.7. The van der Waals surface area contributed by atoms with Crippen LogP contribution in [0.1, 0.15) is 39.0 Å². The van der Waals surface area contributed by atoms with Gasteiger partial charge in [0.15, 0.2) is 0 Å². The molecular formula is C14H28ClN3O3S. The van der Waals surface area contributed by atoms with Crippen molar-refractivity contribution in [1.82, 2.24) is 14.9 Å². The summed E-state index contributed by atoms with van der Waals surface area (Å²) in [6.45, 7) is 5.05. The Morgan fingerprint density at radius 3 is 2.55 bits per heavy atom. The summed E-state index contributed by atoms with van der Waals surface area (Å²) in [4.78, 5) is 13.8. The molecule has 2 aliphatic rings. The molecule has 22 heavy (non-hydrogen) atoms. The number of nitrogens with one attached hydrogen (secondary N) is 2. The maximum Gasteiger partial charge on any atom is 0.239 e. The smallest absolute Gasteiger partial charge is 0.239 e. The molecule has 130 valence electrons. The van der Waals surface area contributed by atoms with E-state index in [-0.39, 0.29) is 24.4 Å². The fraction of sp³-hybridized carbons (Fsp3) is 0.929. The quantitative estimate of drug-likeness (QED) is 0.781. The van der Waals surface area contributed by atoms with Crippen LogP contribution in [0.3, 0.4) is 0 Å². The molecule has 1 amide bonds. The van der Waals surface area contributed by atoms with E-state index in [2.05, 4.69) is 17.0 Å². The largest absolute Gasteiger partial charge is 0.340 e. The highest BCUT2D eigenvalue weighted by atomic mass is 35.5. The van der Waals surface area contributed by atoms with Gasteiger partial charge in [-0.25, -0.2) is 13.1 Å². The number of rotatable bonds is 4. The Morgan fingerprint density at radius 1 is 1.18 bits per heavy atom. The molecule has 1 saturated carbocycles. The van der Waals surface area contributed by atoms with Gasteiger partial charge in [0.25, 0.3) is 0 Å². The number of hydrogen-bond donors (Lipinski definition) is 2. The Hall–Kier alpha value is -0.370. The van der Waals surface area contributed by atoms with E-state index < -0.39 is 15.8 Å². The molecule has 1 aliphatic carbocycles. The molecule has 8 heteroatoms. The van der Waals surface area contributed by atoms with E-state index >= 15 is 0 Å². The molecule has 0 spiro atoms. The molecule has 0 atom stereocenters. The lowest BCUT2D eigenvalue weighted by molar-refractivity contribution is -0.128. The highest BCUT2D eigenvalue weighted by Crippen LogP contribution is 2.23. The predicted octanol–water partition coefficient (Wildman–Crippen LogP) is 0.728. The predicted molar refractivity (Wildman–Crippen MR) is 89.7 cm³/mol. The zero-order chi connectivity index (χ0) is 15.3. The second-order valence-electron chi connectivity index (χ2n) is 6.32. The topological polar surface area (TPSA) is 78.5 Å². The van der Waals surface area contributed by atoms with Gasteiger partial charge in [0.1, 0.15) is 5.75 Å². The summed E-state index contributed by atoms with van der Waals surface area (Å²) in [5.74, 6) is -0.0219.